The summed E-state index contributed by atoms with van der Waals surface area (Å²) < 4.78 is 38.9. The number of carbonyl (C=O) groups excluding carboxylic acids is 1. The van der Waals surface area contributed by atoms with Crippen LogP contribution in [0.1, 0.15) is 44.6 Å². The van der Waals surface area contributed by atoms with Crippen LogP contribution in [0.2, 0.25) is 0 Å². The van der Waals surface area contributed by atoms with E-state index in [9.17, 15) is 28.3 Å². The van der Waals surface area contributed by atoms with Crippen LogP contribution in [0.4, 0.5) is 8.78 Å². The first-order valence-corrected chi connectivity index (χ1v) is 10.6. The largest absolute Gasteiger partial charge is 0.493 e. The number of esters is 1. The van der Waals surface area contributed by atoms with E-state index in [1.54, 1.807) is 0 Å². The van der Waals surface area contributed by atoms with Gasteiger partial charge in [-0.25, -0.2) is 8.78 Å². The summed E-state index contributed by atoms with van der Waals surface area (Å²) in [4.78, 5) is 34.7. The summed E-state index contributed by atoms with van der Waals surface area (Å²) >= 11 is 0. The van der Waals surface area contributed by atoms with Gasteiger partial charge in [0, 0.05) is 31.4 Å². The summed E-state index contributed by atoms with van der Waals surface area (Å²) in [7, 11) is 0. The number of rotatable bonds is 12. The predicted molar refractivity (Wildman–Crippen MR) is 109 cm³/mol. The number of carbonyl (C=O) groups is 3. The van der Waals surface area contributed by atoms with Crippen molar-refractivity contribution in [2.24, 2.45) is 17.8 Å². The van der Waals surface area contributed by atoms with E-state index in [2.05, 4.69) is 5.32 Å². The van der Waals surface area contributed by atoms with Gasteiger partial charge in [0.15, 0.2) is 0 Å². The Kier molecular flexibility index (Phi) is 9.83. The maximum atomic E-state index is 14.3. The van der Waals surface area contributed by atoms with Gasteiger partial charge in [0.1, 0.15) is 24.0 Å². The van der Waals surface area contributed by atoms with Gasteiger partial charge in [-0.05, 0) is 37.3 Å². The Bertz CT molecular complexity index is 794. The minimum absolute atomic E-state index is 0.0535. The Labute approximate surface area is 184 Å². The number of ether oxygens (including phenoxy) is 2. The molecule has 3 N–H and O–H groups in total. The van der Waals surface area contributed by atoms with Gasteiger partial charge >= 0.3 is 17.9 Å². The minimum atomic E-state index is -1.09. The average molecular weight is 457 g/mol. The maximum Gasteiger partial charge on any atom is 0.306 e. The van der Waals surface area contributed by atoms with Crippen molar-refractivity contribution in [1.29, 1.82) is 0 Å². The molecule has 0 spiro atoms. The topological polar surface area (TPSA) is 122 Å². The van der Waals surface area contributed by atoms with Crippen LogP contribution in [0.25, 0.3) is 0 Å². The summed E-state index contributed by atoms with van der Waals surface area (Å²) in [5.41, 5.74) is -0.409. The van der Waals surface area contributed by atoms with Gasteiger partial charge in [-0.1, -0.05) is 13.3 Å². The fourth-order valence-corrected chi connectivity index (χ4v) is 3.91. The first kappa shape index (κ1) is 25.5. The van der Waals surface area contributed by atoms with Gasteiger partial charge in [-0.3, -0.25) is 14.4 Å². The van der Waals surface area contributed by atoms with Gasteiger partial charge in [0.05, 0.1) is 12.2 Å². The summed E-state index contributed by atoms with van der Waals surface area (Å²) in [6.07, 6.45) is 0.928. The summed E-state index contributed by atoms with van der Waals surface area (Å²) in [6, 6.07) is 2.07. The molecule has 0 bridgehead atoms. The quantitative estimate of drug-likeness (QED) is 0.323. The van der Waals surface area contributed by atoms with E-state index in [4.69, 9.17) is 14.6 Å². The Balaban J connectivity index is 1.98. The second-order valence-electron chi connectivity index (χ2n) is 7.97. The van der Waals surface area contributed by atoms with Crippen LogP contribution in [-0.4, -0.2) is 47.8 Å². The van der Waals surface area contributed by atoms with Crippen molar-refractivity contribution in [1.82, 2.24) is 5.32 Å². The molecule has 1 aliphatic heterocycles. The molecule has 3 atom stereocenters. The van der Waals surface area contributed by atoms with Crippen molar-refractivity contribution in [3.8, 4) is 5.75 Å². The molecule has 178 valence electrons. The Morgan fingerprint density at radius 1 is 1.03 bits per heavy atom. The second-order valence-corrected chi connectivity index (χ2v) is 7.97. The Hall–Kier alpha value is -2.75. The molecule has 1 saturated heterocycles. The van der Waals surface area contributed by atoms with Crippen molar-refractivity contribution in [2.45, 2.75) is 45.6 Å². The van der Waals surface area contributed by atoms with Crippen molar-refractivity contribution in [2.75, 3.05) is 19.7 Å². The number of unbranched alkanes of at least 4 members (excludes halogenated alkanes) is 1. The first-order chi connectivity index (χ1) is 15.2. The van der Waals surface area contributed by atoms with E-state index in [0.717, 1.165) is 25.0 Å². The molecule has 1 aromatic rings. The lowest BCUT2D eigenvalue weighted by Gasteiger charge is -2.37. The SMILES string of the molecule is CCCCOc1cc(F)c(COC(=O)C[C@@H]2CNC[C@H](CC(=O)O)[C@H]2CC(=O)O)c(F)c1. The molecule has 1 aromatic carbocycles. The van der Waals surface area contributed by atoms with E-state index in [-0.39, 0.29) is 25.0 Å². The Morgan fingerprint density at radius 2 is 1.62 bits per heavy atom. The molecule has 10 heteroatoms. The zero-order chi connectivity index (χ0) is 23.7. The summed E-state index contributed by atoms with van der Waals surface area (Å²) in [5, 5.41) is 21.3. The lowest BCUT2D eigenvalue weighted by atomic mass is 9.73. The number of carboxylic acid groups (broad SMARTS) is 2. The monoisotopic (exact) mass is 457 g/mol. The zero-order valence-electron chi connectivity index (χ0n) is 17.9. The predicted octanol–water partition coefficient (Wildman–Crippen LogP) is 2.98. The molecule has 0 aromatic heterocycles. The highest BCUT2D eigenvalue weighted by atomic mass is 19.1. The van der Waals surface area contributed by atoms with Crippen molar-refractivity contribution >= 4 is 17.9 Å². The number of benzene rings is 1. The summed E-state index contributed by atoms with van der Waals surface area (Å²) in [6.45, 7) is 2.32. The number of nitrogens with one attached hydrogen (secondary N) is 1. The molecule has 1 aliphatic rings. The van der Waals surface area contributed by atoms with Gasteiger partial charge in [-0.15, -0.1) is 0 Å². The summed E-state index contributed by atoms with van der Waals surface area (Å²) in [5.74, 6) is -6.08. The highest BCUT2D eigenvalue weighted by molar-refractivity contribution is 5.71. The number of aliphatic carboxylic acids is 2. The maximum absolute atomic E-state index is 14.3. The van der Waals surface area contributed by atoms with Gasteiger partial charge < -0.3 is 25.0 Å². The smallest absolute Gasteiger partial charge is 0.306 e. The molecule has 1 fully saturated rings. The third-order valence-electron chi connectivity index (χ3n) is 5.56. The fraction of sp³-hybridized carbons (Fsp3) is 0.591. The van der Waals surface area contributed by atoms with E-state index in [1.165, 1.54) is 0 Å². The normalized spacial score (nSPS) is 20.5. The van der Waals surface area contributed by atoms with E-state index >= 15 is 0 Å². The molecule has 8 nitrogen and oxygen atoms in total. The minimum Gasteiger partial charge on any atom is -0.493 e. The van der Waals surface area contributed by atoms with Crippen LogP contribution in [-0.2, 0) is 25.7 Å². The molecule has 2 rings (SSSR count). The number of piperidine rings is 1. The molecular weight excluding hydrogens is 428 g/mol. The van der Waals surface area contributed by atoms with Gasteiger partial charge in [0.2, 0.25) is 0 Å². The van der Waals surface area contributed by atoms with Crippen LogP contribution in [0.3, 0.4) is 0 Å². The zero-order valence-corrected chi connectivity index (χ0v) is 17.9. The fourth-order valence-electron chi connectivity index (χ4n) is 3.91. The van der Waals surface area contributed by atoms with Crippen molar-refractivity contribution in [3.05, 3.63) is 29.3 Å². The molecule has 0 unspecified atom stereocenters. The highest BCUT2D eigenvalue weighted by Crippen LogP contribution is 2.33. The number of halogens is 2. The molecule has 0 aliphatic carbocycles. The lowest BCUT2D eigenvalue weighted by Crippen LogP contribution is -2.46. The van der Waals surface area contributed by atoms with E-state index in [1.807, 2.05) is 6.92 Å². The molecule has 0 saturated carbocycles. The molecule has 0 amide bonds. The van der Waals surface area contributed by atoms with Crippen LogP contribution in [0, 0.1) is 29.4 Å². The molecule has 32 heavy (non-hydrogen) atoms. The van der Waals surface area contributed by atoms with Crippen LogP contribution in [0.5, 0.6) is 5.75 Å². The molecule has 1 heterocycles. The molecule has 0 radical (unpaired) electrons. The standard InChI is InChI=1S/C22H29F2NO7/c1-2-3-4-31-15-7-18(23)17(19(24)8-15)12-32-22(30)6-14-11-25-10-13(5-20(26)27)16(14)9-21(28)29/h7-8,13-14,16,25H,2-6,9-12H2,1H3,(H,26,27)(H,28,29)/t13-,14+,16+/m0/s1. The number of carboxylic acids is 2. The van der Waals surface area contributed by atoms with Gasteiger partial charge in [-0.2, -0.15) is 0 Å². The van der Waals surface area contributed by atoms with Crippen molar-refractivity contribution < 1.29 is 42.9 Å². The number of hydrogen-bond acceptors (Lipinski definition) is 6. The lowest BCUT2D eigenvalue weighted by molar-refractivity contribution is -0.149. The number of hydrogen-bond donors (Lipinski definition) is 3. The van der Waals surface area contributed by atoms with Crippen LogP contribution < -0.4 is 10.1 Å². The average Bonchev–Trinajstić information content (AvgIpc) is 2.69. The molecular formula is C22H29F2NO7. The third kappa shape index (κ3) is 7.74. The van der Waals surface area contributed by atoms with Gasteiger partial charge in [0.25, 0.3) is 0 Å². The van der Waals surface area contributed by atoms with Crippen molar-refractivity contribution in [3.63, 3.8) is 0 Å². The second kappa shape index (κ2) is 12.3. The first-order valence-electron chi connectivity index (χ1n) is 10.6. The third-order valence-corrected chi connectivity index (χ3v) is 5.56. The highest BCUT2D eigenvalue weighted by Gasteiger charge is 2.37. The van der Waals surface area contributed by atoms with Crippen LogP contribution >= 0.6 is 0 Å². The van der Waals surface area contributed by atoms with E-state index in [0.29, 0.717) is 19.7 Å². The Morgan fingerprint density at radius 3 is 2.19 bits per heavy atom. The van der Waals surface area contributed by atoms with Crippen LogP contribution in [0.15, 0.2) is 12.1 Å². The van der Waals surface area contributed by atoms with E-state index < -0.39 is 59.5 Å².